The Bertz CT molecular complexity index is 219. The molecule has 4 nitrogen and oxygen atoms in total. The molecule has 0 aromatic heterocycles. The summed E-state index contributed by atoms with van der Waals surface area (Å²) in [5.74, 6) is -0.951. The molecule has 1 rings (SSSR count). The number of hydrogen-bond acceptors (Lipinski definition) is 3. The van der Waals surface area contributed by atoms with Gasteiger partial charge in [-0.05, 0) is 7.05 Å². The van der Waals surface area contributed by atoms with Gasteiger partial charge in [0.05, 0.1) is 18.5 Å². The minimum Gasteiger partial charge on any atom is -0.481 e. The van der Waals surface area contributed by atoms with E-state index in [-0.39, 0.29) is 13.0 Å². The lowest BCUT2D eigenvalue weighted by Crippen LogP contribution is -2.69. The van der Waals surface area contributed by atoms with Crippen LogP contribution in [-0.2, 0) is 4.79 Å². The van der Waals surface area contributed by atoms with Crippen LogP contribution < -0.4 is 5.32 Å². The smallest absolute Gasteiger partial charge is 0.305 e. The van der Waals surface area contributed by atoms with Gasteiger partial charge in [0.1, 0.15) is 0 Å². The highest BCUT2D eigenvalue weighted by atomic mass is 19.3. The highest BCUT2D eigenvalue weighted by Crippen LogP contribution is 2.24. The Hall–Kier alpha value is -0.750. The van der Waals surface area contributed by atoms with Gasteiger partial charge in [-0.15, -0.1) is 0 Å². The van der Waals surface area contributed by atoms with Gasteiger partial charge in [-0.3, -0.25) is 9.69 Å². The lowest BCUT2D eigenvalue weighted by Gasteiger charge is -2.48. The summed E-state index contributed by atoms with van der Waals surface area (Å²) in [4.78, 5) is 12.0. The average Bonchev–Trinajstić information content (AvgIpc) is 1.94. The molecule has 0 bridgehead atoms. The predicted octanol–water partition coefficient (Wildman–Crippen LogP) is 0.0000000000000000555. The molecule has 0 atom stereocenters. The maximum absolute atomic E-state index is 12.1. The van der Waals surface area contributed by atoms with Gasteiger partial charge in [0.25, 0.3) is 6.43 Å². The molecule has 2 N–H and O–H groups in total. The van der Waals surface area contributed by atoms with Gasteiger partial charge in [-0.25, -0.2) is 8.78 Å². The van der Waals surface area contributed by atoms with Crippen molar-refractivity contribution in [2.45, 2.75) is 18.4 Å². The fourth-order valence-corrected chi connectivity index (χ4v) is 1.63. The average molecular weight is 208 g/mol. The maximum Gasteiger partial charge on any atom is 0.305 e. The van der Waals surface area contributed by atoms with Gasteiger partial charge in [-0.2, -0.15) is 0 Å². The van der Waals surface area contributed by atoms with E-state index in [4.69, 9.17) is 5.11 Å². The van der Waals surface area contributed by atoms with Crippen molar-refractivity contribution in [1.29, 1.82) is 0 Å². The molecule has 0 saturated carbocycles. The largest absolute Gasteiger partial charge is 0.481 e. The van der Waals surface area contributed by atoms with Gasteiger partial charge in [0.15, 0.2) is 0 Å². The third kappa shape index (κ3) is 2.39. The lowest BCUT2D eigenvalue weighted by atomic mass is 9.87. The Morgan fingerprint density at radius 2 is 2.21 bits per heavy atom. The number of nitrogens with one attached hydrogen (secondary N) is 1. The Morgan fingerprint density at radius 1 is 1.64 bits per heavy atom. The summed E-state index contributed by atoms with van der Waals surface area (Å²) in [6, 6.07) is 0. The molecule has 0 amide bonds. The Morgan fingerprint density at radius 3 is 2.50 bits per heavy atom. The fraction of sp³-hybridized carbons (Fsp3) is 0.875. The third-order valence-electron chi connectivity index (χ3n) is 2.61. The van der Waals surface area contributed by atoms with Crippen LogP contribution in [0, 0.1) is 0 Å². The van der Waals surface area contributed by atoms with Crippen LogP contribution in [0.4, 0.5) is 8.78 Å². The van der Waals surface area contributed by atoms with E-state index in [1.54, 1.807) is 0 Å². The van der Waals surface area contributed by atoms with Crippen LogP contribution in [0.2, 0.25) is 0 Å². The topological polar surface area (TPSA) is 52.6 Å². The van der Waals surface area contributed by atoms with E-state index in [9.17, 15) is 13.6 Å². The van der Waals surface area contributed by atoms with Crippen molar-refractivity contribution in [2.75, 3.05) is 26.7 Å². The van der Waals surface area contributed by atoms with E-state index in [0.29, 0.717) is 13.1 Å². The first-order chi connectivity index (χ1) is 6.46. The molecule has 1 saturated heterocycles. The Labute approximate surface area is 80.9 Å². The highest BCUT2D eigenvalue weighted by Gasteiger charge is 2.43. The predicted molar refractivity (Wildman–Crippen MR) is 46.5 cm³/mol. The number of carboxylic acid groups (broad SMARTS) is 1. The second kappa shape index (κ2) is 4.18. The molecule has 0 aromatic carbocycles. The number of rotatable bonds is 5. The van der Waals surface area contributed by atoms with Crippen molar-refractivity contribution in [1.82, 2.24) is 10.2 Å². The van der Waals surface area contributed by atoms with Crippen LogP contribution in [0.15, 0.2) is 0 Å². The zero-order valence-electron chi connectivity index (χ0n) is 7.96. The van der Waals surface area contributed by atoms with Gasteiger partial charge < -0.3 is 10.4 Å². The van der Waals surface area contributed by atoms with E-state index >= 15 is 0 Å². The number of hydrogen-bond donors (Lipinski definition) is 2. The molecule has 0 radical (unpaired) electrons. The maximum atomic E-state index is 12.1. The number of carboxylic acids is 1. The summed E-state index contributed by atoms with van der Waals surface area (Å²) in [7, 11) is 1.54. The summed E-state index contributed by atoms with van der Waals surface area (Å²) in [5.41, 5.74) is -0.623. The number of alkyl halides is 2. The second-order valence-corrected chi connectivity index (χ2v) is 3.67. The monoisotopic (exact) mass is 208 g/mol. The van der Waals surface area contributed by atoms with Crippen molar-refractivity contribution in [2.24, 2.45) is 0 Å². The molecular formula is C8H14F2N2O2. The molecule has 14 heavy (non-hydrogen) atoms. The van der Waals surface area contributed by atoms with Gasteiger partial charge in [0, 0.05) is 13.1 Å². The normalized spacial score (nSPS) is 19.8. The molecule has 0 unspecified atom stereocenters. The first-order valence-corrected chi connectivity index (χ1v) is 4.38. The van der Waals surface area contributed by atoms with Gasteiger partial charge in [-0.1, -0.05) is 0 Å². The highest BCUT2D eigenvalue weighted by molar-refractivity contribution is 5.68. The van der Waals surface area contributed by atoms with Crippen molar-refractivity contribution in [3.05, 3.63) is 0 Å². The summed E-state index contributed by atoms with van der Waals surface area (Å²) in [5, 5.41) is 11.6. The van der Waals surface area contributed by atoms with Gasteiger partial charge >= 0.3 is 5.97 Å². The molecule has 6 heteroatoms. The van der Waals surface area contributed by atoms with Crippen molar-refractivity contribution in [3.8, 4) is 0 Å². The third-order valence-corrected chi connectivity index (χ3v) is 2.61. The zero-order chi connectivity index (χ0) is 10.8. The standard InChI is InChI=1S/C8H14F2N2O2/c1-12(3-6(9)10)8(2-7(13)14)4-11-5-8/h6,11H,2-5H2,1H3,(H,13,14). The summed E-state index contributed by atoms with van der Waals surface area (Å²) < 4.78 is 24.2. The SMILES string of the molecule is CN(CC(F)F)C1(CC(=O)O)CNC1. The minimum absolute atomic E-state index is 0.0940. The van der Waals surface area contributed by atoms with E-state index in [2.05, 4.69) is 5.32 Å². The molecule has 82 valence electrons. The molecule has 1 heterocycles. The first-order valence-electron chi connectivity index (χ1n) is 4.38. The Balaban J connectivity index is 2.55. The lowest BCUT2D eigenvalue weighted by molar-refractivity contribution is -0.142. The number of carbonyl (C=O) groups is 1. The number of likely N-dealkylation sites (N-methyl/N-ethyl adjacent to an activating group) is 1. The number of aliphatic carboxylic acids is 1. The molecule has 1 aliphatic heterocycles. The summed E-state index contributed by atoms with van der Waals surface area (Å²) >= 11 is 0. The molecular weight excluding hydrogens is 194 g/mol. The summed E-state index contributed by atoms with van der Waals surface area (Å²) in [6.07, 6.45) is -2.52. The van der Waals surface area contributed by atoms with E-state index < -0.39 is 17.9 Å². The summed E-state index contributed by atoms with van der Waals surface area (Å²) in [6.45, 7) is 0.542. The second-order valence-electron chi connectivity index (χ2n) is 3.67. The molecule has 0 aromatic rings. The van der Waals surface area contributed by atoms with Crippen molar-refractivity contribution >= 4 is 5.97 Å². The Kier molecular flexibility index (Phi) is 3.38. The molecule has 0 aliphatic carbocycles. The number of nitrogens with zero attached hydrogens (tertiary/aromatic N) is 1. The quantitative estimate of drug-likeness (QED) is 0.667. The van der Waals surface area contributed by atoms with Crippen molar-refractivity contribution < 1.29 is 18.7 Å². The van der Waals surface area contributed by atoms with E-state index in [1.807, 2.05) is 0 Å². The van der Waals surface area contributed by atoms with Crippen LogP contribution >= 0.6 is 0 Å². The first kappa shape index (κ1) is 11.3. The molecule has 0 spiro atoms. The minimum atomic E-state index is -2.42. The van der Waals surface area contributed by atoms with Crippen molar-refractivity contribution in [3.63, 3.8) is 0 Å². The van der Waals surface area contributed by atoms with E-state index in [0.717, 1.165) is 0 Å². The van der Waals surface area contributed by atoms with Crippen LogP contribution in [0.1, 0.15) is 6.42 Å². The van der Waals surface area contributed by atoms with E-state index in [1.165, 1.54) is 11.9 Å². The fourth-order valence-electron chi connectivity index (χ4n) is 1.63. The van der Waals surface area contributed by atoms with Crippen LogP contribution in [0.5, 0.6) is 0 Å². The number of halogens is 2. The molecule has 1 fully saturated rings. The van der Waals surface area contributed by atoms with Crippen LogP contribution in [-0.4, -0.2) is 54.6 Å². The van der Waals surface area contributed by atoms with Crippen LogP contribution in [0.25, 0.3) is 0 Å². The molecule has 1 aliphatic rings. The zero-order valence-corrected chi connectivity index (χ0v) is 7.96. The van der Waals surface area contributed by atoms with Gasteiger partial charge in [0.2, 0.25) is 0 Å². The van der Waals surface area contributed by atoms with Crippen LogP contribution in [0.3, 0.4) is 0 Å².